The summed E-state index contributed by atoms with van der Waals surface area (Å²) in [5, 5.41) is 2.91. The minimum Gasteiger partial charge on any atom is -0.489 e. The lowest BCUT2D eigenvalue weighted by molar-refractivity contribution is 0.0931. The number of benzene rings is 2. The molecule has 0 radical (unpaired) electrons. The van der Waals surface area contributed by atoms with Crippen LogP contribution in [0.3, 0.4) is 0 Å². The molecular weight excluding hydrogens is 319 g/mol. The number of likely N-dealkylation sites (N-methyl/N-ethyl adjacent to an activating group) is 1. The van der Waals surface area contributed by atoms with Crippen LogP contribution in [0.5, 0.6) is 5.75 Å². The summed E-state index contributed by atoms with van der Waals surface area (Å²) in [5.41, 5.74) is 1.72. The highest BCUT2D eigenvalue weighted by molar-refractivity contribution is 5.95. The number of ether oxygens (including phenoxy) is 1. The van der Waals surface area contributed by atoms with Crippen molar-refractivity contribution >= 4 is 5.91 Å². The number of nitrogens with zero attached hydrogens (tertiary/aromatic N) is 1. The molecule has 134 valence electrons. The summed E-state index contributed by atoms with van der Waals surface area (Å²) >= 11 is 0. The monoisotopic (exact) mass is 344 g/mol. The van der Waals surface area contributed by atoms with Gasteiger partial charge in [0.25, 0.3) is 5.91 Å². The van der Waals surface area contributed by atoms with Crippen LogP contribution in [-0.2, 0) is 6.42 Å². The molecule has 0 unspecified atom stereocenters. The third kappa shape index (κ3) is 6.19. The minimum absolute atomic E-state index is 0.107. The SMILES string of the molecule is C[C@@H](CNC(=O)c1ccccc1CCN(C)C)Oc1ccc(F)cc1. The summed E-state index contributed by atoms with van der Waals surface area (Å²) in [6.45, 7) is 3.12. The fourth-order valence-electron chi connectivity index (χ4n) is 2.42. The van der Waals surface area contributed by atoms with Crippen LogP contribution in [0.1, 0.15) is 22.8 Å². The molecule has 1 amide bonds. The van der Waals surface area contributed by atoms with E-state index in [2.05, 4.69) is 10.2 Å². The Kier molecular flexibility index (Phi) is 6.95. The van der Waals surface area contributed by atoms with Crippen molar-refractivity contribution in [3.8, 4) is 5.75 Å². The normalized spacial score (nSPS) is 12.0. The smallest absolute Gasteiger partial charge is 0.251 e. The Morgan fingerprint density at radius 1 is 1.16 bits per heavy atom. The Bertz CT molecular complexity index is 686. The molecule has 0 heterocycles. The molecule has 0 aliphatic heterocycles. The molecule has 0 aliphatic carbocycles. The van der Waals surface area contributed by atoms with E-state index < -0.39 is 0 Å². The lowest BCUT2D eigenvalue weighted by Gasteiger charge is -2.17. The van der Waals surface area contributed by atoms with E-state index in [4.69, 9.17) is 4.74 Å². The Labute approximate surface area is 148 Å². The molecule has 5 heteroatoms. The molecule has 0 saturated heterocycles. The Morgan fingerprint density at radius 3 is 2.52 bits per heavy atom. The lowest BCUT2D eigenvalue weighted by Crippen LogP contribution is -2.34. The zero-order chi connectivity index (χ0) is 18.2. The van der Waals surface area contributed by atoms with Crippen LogP contribution in [0.2, 0.25) is 0 Å². The highest BCUT2D eigenvalue weighted by Gasteiger charge is 2.12. The average molecular weight is 344 g/mol. The van der Waals surface area contributed by atoms with E-state index in [0.29, 0.717) is 17.9 Å². The van der Waals surface area contributed by atoms with Gasteiger partial charge in [0.15, 0.2) is 0 Å². The first-order valence-electron chi connectivity index (χ1n) is 8.39. The minimum atomic E-state index is -0.303. The number of hydrogen-bond acceptors (Lipinski definition) is 3. The standard InChI is InChI=1S/C20H25FN2O2/c1-15(25-18-10-8-17(21)9-11-18)14-22-20(24)19-7-5-4-6-16(19)12-13-23(2)3/h4-11,15H,12-14H2,1-3H3,(H,22,24)/t15-/m0/s1. The van der Waals surface area contributed by atoms with Crippen LogP contribution in [-0.4, -0.2) is 44.1 Å². The summed E-state index contributed by atoms with van der Waals surface area (Å²) in [6.07, 6.45) is 0.599. The van der Waals surface area contributed by atoms with Gasteiger partial charge in [0.05, 0.1) is 6.54 Å². The van der Waals surface area contributed by atoms with Crippen molar-refractivity contribution in [2.24, 2.45) is 0 Å². The third-order valence-electron chi connectivity index (χ3n) is 3.79. The van der Waals surface area contributed by atoms with E-state index in [1.165, 1.54) is 12.1 Å². The predicted octanol–water partition coefficient (Wildman–Crippen LogP) is 3.13. The molecule has 1 atom stereocenters. The number of carbonyl (C=O) groups is 1. The first kappa shape index (κ1) is 18.9. The second-order valence-corrected chi connectivity index (χ2v) is 6.30. The number of amides is 1. The van der Waals surface area contributed by atoms with Gasteiger partial charge in [-0.1, -0.05) is 18.2 Å². The Hall–Kier alpha value is -2.40. The fraction of sp³-hybridized carbons (Fsp3) is 0.350. The van der Waals surface area contributed by atoms with E-state index in [9.17, 15) is 9.18 Å². The number of nitrogens with one attached hydrogen (secondary N) is 1. The lowest BCUT2D eigenvalue weighted by atomic mass is 10.0. The van der Waals surface area contributed by atoms with Crippen LogP contribution in [0.15, 0.2) is 48.5 Å². The largest absolute Gasteiger partial charge is 0.489 e. The van der Waals surface area contributed by atoms with Gasteiger partial charge in [-0.15, -0.1) is 0 Å². The van der Waals surface area contributed by atoms with Gasteiger partial charge in [0.1, 0.15) is 17.7 Å². The summed E-state index contributed by atoms with van der Waals surface area (Å²) in [7, 11) is 4.02. The van der Waals surface area contributed by atoms with Crippen molar-refractivity contribution in [1.29, 1.82) is 0 Å². The van der Waals surface area contributed by atoms with Gasteiger partial charge in [-0.2, -0.15) is 0 Å². The topological polar surface area (TPSA) is 41.6 Å². The molecule has 0 fully saturated rings. The molecule has 0 spiro atoms. The van der Waals surface area contributed by atoms with E-state index >= 15 is 0 Å². The Balaban J connectivity index is 1.90. The van der Waals surface area contributed by atoms with Gasteiger partial charge < -0.3 is 15.0 Å². The molecule has 0 saturated carbocycles. The zero-order valence-electron chi connectivity index (χ0n) is 15.0. The van der Waals surface area contributed by atoms with E-state index in [0.717, 1.165) is 18.5 Å². The van der Waals surface area contributed by atoms with Crippen LogP contribution >= 0.6 is 0 Å². The van der Waals surface area contributed by atoms with Crippen LogP contribution in [0, 0.1) is 5.82 Å². The molecule has 1 N–H and O–H groups in total. The number of carbonyl (C=O) groups excluding carboxylic acids is 1. The van der Waals surface area contributed by atoms with E-state index in [1.807, 2.05) is 45.3 Å². The summed E-state index contributed by atoms with van der Waals surface area (Å²) in [6, 6.07) is 13.5. The average Bonchev–Trinajstić information content (AvgIpc) is 2.60. The van der Waals surface area contributed by atoms with Gasteiger partial charge in [-0.25, -0.2) is 4.39 Å². The second kappa shape index (κ2) is 9.18. The molecule has 0 aromatic heterocycles. The second-order valence-electron chi connectivity index (χ2n) is 6.30. The van der Waals surface area contributed by atoms with E-state index in [-0.39, 0.29) is 17.8 Å². The fourth-order valence-corrected chi connectivity index (χ4v) is 2.42. The van der Waals surface area contributed by atoms with Crippen LogP contribution < -0.4 is 10.1 Å². The highest BCUT2D eigenvalue weighted by atomic mass is 19.1. The molecule has 4 nitrogen and oxygen atoms in total. The van der Waals surface area contributed by atoms with Gasteiger partial charge in [0.2, 0.25) is 0 Å². The number of halogens is 1. The maximum absolute atomic E-state index is 12.9. The first-order valence-corrected chi connectivity index (χ1v) is 8.39. The van der Waals surface area contributed by atoms with Gasteiger partial charge in [0, 0.05) is 12.1 Å². The summed E-state index contributed by atoms with van der Waals surface area (Å²) in [4.78, 5) is 14.6. The summed E-state index contributed by atoms with van der Waals surface area (Å²) < 4.78 is 18.6. The quantitative estimate of drug-likeness (QED) is 0.800. The first-order chi connectivity index (χ1) is 12.0. The van der Waals surface area contributed by atoms with Gasteiger partial charge in [-0.05, 0) is 63.3 Å². The van der Waals surface area contributed by atoms with Crippen molar-refractivity contribution in [3.05, 3.63) is 65.5 Å². The molecular formula is C20H25FN2O2. The molecule has 0 bridgehead atoms. The van der Waals surface area contributed by atoms with E-state index in [1.54, 1.807) is 12.1 Å². The third-order valence-corrected chi connectivity index (χ3v) is 3.79. The van der Waals surface area contributed by atoms with Crippen molar-refractivity contribution in [2.75, 3.05) is 27.2 Å². The molecule has 0 aliphatic rings. The van der Waals surface area contributed by atoms with Crippen LogP contribution in [0.25, 0.3) is 0 Å². The molecule has 25 heavy (non-hydrogen) atoms. The maximum atomic E-state index is 12.9. The highest BCUT2D eigenvalue weighted by Crippen LogP contribution is 2.13. The molecule has 2 aromatic carbocycles. The zero-order valence-corrected chi connectivity index (χ0v) is 15.0. The van der Waals surface area contributed by atoms with Crippen molar-refractivity contribution < 1.29 is 13.9 Å². The van der Waals surface area contributed by atoms with Gasteiger partial charge in [-0.3, -0.25) is 4.79 Å². The summed E-state index contributed by atoms with van der Waals surface area (Å²) in [5.74, 6) is 0.168. The predicted molar refractivity (Wildman–Crippen MR) is 97.5 cm³/mol. The molecule has 2 rings (SSSR count). The maximum Gasteiger partial charge on any atom is 0.251 e. The molecule has 2 aromatic rings. The van der Waals surface area contributed by atoms with Crippen molar-refractivity contribution in [3.63, 3.8) is 0 Å². The Morgan fingerprint density at radius 2 is 1.84 bits per heavy atom. The van der Waals surface area contributed by atoms with Crippen molar-refractivity contribution in [1.82, 2.24) is 10.2 Å². The van der Waals surface area contributed by atoms with Gasteiger partial charge >= 0.3 is 0 Å². The number of rotatable bonds is 8. The number of hydrogen-bond donors (Lipinski definition) is 1. The van der Waals surface area contributed by atoms with Crippen LogP contribution in [0.4, 0.5) is 4.39 Å². The van der Waals surface area contributed by atoms with Crippen molar-refractivity contribution in [2.45, 2.75) is 19.4 Å².